The molecule has 0 saturated carbocycles. The summed E-state index contributed by atoms with van der Waals surface area (Å²) in [6.07, 6.45) is 2.32. The molecule has 3 aromatic rings. The van der Waals surface area contributed by atoms with E-state index in [1.54, 1.807) is 0 Å². The lowest BCUT2D eigenvalue weighted by atomic mass is 10.1. The zero-order valence-electron chi connectivity index (χ0n) is 11.6. The minimum atomic E-state index is 0.0287. The predicted octanol–water partition coefficient (Wildman–Crippen LogP) is 2.39. The quantitative estimate of drug-likeness (QED) is 0.718. The summed E-state index contributed by atoms with van der Waals surface area (Å²) in [6, 6.07) is 9.80. The number of nitrogens with one attached hydrogen (secondary N) is 1. The fourth-order valence-corrected chi connectivity index (χ4v) is 2.81. The number of fused-ring (bicyclic) bond motifs is 2. The van der Waals surface area contributed by atoms with Crippen LogP contribution < -0.4 is 11.1 Å². The Morgan fingerprint density at radius 1 is 1.33 bits per heavy atom. The maximum absolute atomic E-state index is 11.4. The minimum absolute atomic E-state index is 0.0287. The SMILES string of the molecule is Cc1cccn2c(N)c(-c3ccc4c(c3)CC(=O)N4)nc12. The fraction of sp³-hybridized carbons (Fsp3) is 0.125. The first-order chi connectivity index (χ1) is 10.1. The van der Waals surface area contributed by atoms with Crippen molar-refractivity contribution >= 4 is 23.1 Å². The van der Waals surface area contributed by atoms with Crippen LogP contribution >= 0.6 is 0 Å². The van der Waals surface area contributed by atoms with Crippen molar-refractivity contribution in [2.24, 2.45) is 0 Å². The van der Waals surface area contributed by atoms with Crippen molar-refractivity contribution in [2.75, 3.05) is 11.1 Å². The van der Waals surface area contributed by atoms with Gasteiger partial charge in [0.15, 0.2) is 0 Å². The number of rotatable bonds is 1. The topological polar surface area (TPSA) is 72.4 Å². The fourth-order valence-electron chi connectivity index (χ4n) is 2.81. The Kier molecular flexibility index (Phi) is 2.33. The molecule has 1 amide bonds. The zero-order valence-corrected chi connectivity index (χ0v) is 11.6. The van der Waals surface area contributed by atoms with E-state index >= 15 is 0 Å². The van der Waals surface area contributed by atoms with Crippen LogP contribution in [-0.4, -0.2) is 15.3 Å². The zero-order chi connectivity index (χ0) is 14.6. The van der Waals surface area contributed by atoms with Gasteiger partial charge in [0.25, 0.3) is 0 Å². The van der Waals surface area contributed by atoms with Gasteiger partial charge in [0, 0.05) is 17.4 Å². The number of nitrogen functional groups attached to an aromatic ring is 1. The smallest absolute Gasteiger partial charge is 0.228 e. The predicted molar refractivity (Wildman–Crippen MR) is 82.1 cm³/mol. The Labute approximate surface area is 121 Å². The van der Waals surface area contributed by atoms with E-state index in [0.717, 1.165) is 33.7 Å². The molecule has 3 N–H and O–H groups in total. The van der Waals surface area contributed by atoms with Gasteiger partial charge in [-0.2, -0.15) is 0 Å². The summed E-state index contributed by atoms with van der Waals surface area (Å²) in [7, 11) is 0. The average Bonchev–Trinajstić information content (AvgIpc) is 2.99. The molecule has 0 bridgehead atoms. The standard InChI is InChI=1S/C16H14N4O/c1-9-3-2-6-20-15(17)14(19-16(9)20)10-4-5-12-11(7-10)8-13(21)18-12/h2-7H,8,17H2,1H3,(H,18,21). The van der Waals surface area contributed by atoms with Crippen molar-refractivity contribution in [3.8, 4) is 11.3 Å². The first-order valence-electron chi connectivity index (χ1n) is 6.80. The van der Waals surface area contributed by atoms with Crippen LogP contribution in [0.4, 0.5) is 11.5 Å². The van der Waals surface area contributed by atoms with Crippen LogP contribution in [0.25, 0.3) is 16.9 Å². The lowest BCUT2D eigenvalue weighted by molar-refractivity contribution is -0.115. The molecular formula is C16H14N4O. The first-order valence-corrected chi connectivity index (χ1v) is 6.80. The number of pyridine rings is 1. The number of benzene rings is 1. The van der Waals surface area contributed by atoms with Gasteiger partial charge in [-0.1, -0.05) is 12.1 Å². The van der Waals surface area contributed by atoms with Crippen LogP contribution in [-0.2, 0) is 11.2 Å². The molecule has 1 aliphatic heterocycles. The van der Waals surface area contributed by atoms with Gasteiger partial charge in [0.2, 0.25) is 5.91 Å². The molecule has 0 aliphatic carbocycles. The molecule has 104 valence electrons. The molecule has 0 fully saturated rings. The van der Waals surface area contributed by atoms with Crippen LogP contribution in [0.1, 0.15) is 11.1 Å². The van der Waals surface area contributed by atoms with Crippen molar-refractivity contribution in [1.82, 2.24) is 9.38 Å². The second kappa shape index (κ2) is 4.09. The van der Waals surface area contributed by atoms with Crippen LogP contribution in [0.2, 0.25) is 0 Å². The van der Waals surface area contributed by atoms with E-state index in [-0.39, 0.29) is 5.91 Å². The largest absolute Gasteiger partial charge is 0.383 e. The number of imidazole rings is 1. The number of aromatic nitrogens is 2. The van der Waals surface area contributed by atoms with Gasteiger partial charge in [-0.05, 0) is 36.2 Å². The molecule has 21 heavy (non-hydrogen) atoms. The van der Waals surface area contributed by atoms with Crippen molar-refractivity contribution in [2.45, 2.75) is 13.3 Å². The number of carbonyl (C=O) groups excluding carboxylic acids is 1. The number of hydrogen-bond donors (Lipinski definition) is 2. The summed E-state index contributed by atoms with van der Waals surface area (Å²) in [5.41, 5.74) is 11.7. The van der Waals surface area contributed by atoms with Gasteiger partial charge in [-0.15, -0.1) is 0 Å². The maximum atomic E-state index is 11.4. The van der Waals surface area contributed by atoms with Crippen LogP contribution in [0, 0.1) is 6.92 Å². The highest BCUT2D eigenvalue weighted by atomic mass is 16.1. The lowest BCUT2D eigenvalue weighted by Crippen LogP contribution is -2.03. The van der Waals surface area contributed by atoms with E-state index in [9.17, 15) is 4.79 Å². The Morgan fingerprint density at radius 3 is 3.00 bits per heavy atom. The number of aryl methyl sites for hydroxylation is 1. The van der Waals surface area contributed by atoms with Gasteiger partial charge < -0.3 is 11.1 Å². The summed E-state index contributed by atoms with van der Waals surface area (Å²) in [5.74, 6) is 0.645. The van der Waals surface area contributed by atoms with Gasteiger partial charge in [0.05, 0.1) is 6.42 Å². The number of hydrogen-bond acceptors (Lipinski definition) is 3. The molecule has 5 nitrogen and oxygen atoms in total. The molecule has 1 aromatic carbocycles. The van der Waals surface area contributed by atoms with E-state index < -0.39 is 0 Å². The Morgan fingerprint density at radius 2 is 2.19 bits per heavy atom. The van der Waals surface area contributed by atoms with Gasteiger partial charge >= 0.3 is 0 Å². The molecule has 3 heterocycles. The molecule has 2 aromatic heterocycles. The molecule has 1 aliphatic rings. The number of carbonyl (C=O) groups is 1. The molecule has 0 unspecified atom stereocenters. The highest BCUT2D eigenvalue weighted by Gasteiger charge is 2.19. The van der Waals surface area contributed by atoms with Crippen LogP contribution in [0.3, 0.4) is 0 Å². The molecule has 5 heteroatoms. The van der Waals surface area contributed by atoms with E-state index in [1.807, 2.05) is 47.9 Å². The summed E-state index contributed by atoms with van der Waals surface area (Å²) >= 11 is 0. The number of amides is 1. The maximum Gasteiger partial charge on any atom is 0.228 e. The van der Waals surface area contributed by atoms with E-state index in [4.69, 9.17) is 5.73 Å². The van der Waals surface area contributed by atoms with Crippen molar-refractivity contribution in [1.29, 1.82) is 0 Å². The second-order valence-corrected chi connectivity index (χ2v) is 5.33. The molecule has 0 spiro atoms. The average molecular weight is 278 g/mol. The van der Waals surface area contributed by atoms with E-state index in [0.29, 0.717) is 12.2 Å². The third-order valence-corrected chi connectivity index (χ3v) is 3.89. The highest BCUT2D eigenvalue weighted by Crippen LogP contribution is 2.32. The van der Waals surface area contributed by atoms with Gasteiger partial charge in [-0.3, -0.25) is 9.20 Å². The minimum Gasteiger partial charge on any atom is -0.383 e. The molecule has 0 radical (unpaired) electrons. The van der Waals surface area contributed by atoms with Crippen LogP contribution in [0.5, 0.6) is 0 Å². The summed E-state index contributed by atoms with van der Waals surface area (Å²) in [4.78, 5) is 16.1. The van der Waals surface area contributed by atoms with Gasteiger partial charge in [-0.25, -0.2) is 4.98 Å². The van der Waals surface area contributed by atoms with Crippen molar-refractivity contribution in [3.05, 3.63) is 47.7 Å². The Bertz CT molecular complexity index is 895. The Hall–Kier alpha value is -2.82. The molecule has 0 saturated heterocycles. The summed E-state index contributed by atoms with van der Waals surface area (Å²) in [5, 5.41) is 2.83. The molecule has 4 rings (SSSR count). The van der Waals surface area contributed by atoms with Crippen LogP contribution in [0.15, 0.2) is 36.5 Å². The number of nitrogens with two attached hydrogens (primary N) is 1. The summed E-state index contributed by atoms with van der Waals surface area (Å²) in [6.45, 7) is 2.01. The first kappa shape index (κ1) is 12.0. The monoisotopic (exact) mass is 278 g/mol. The molecular weight excluding hydrogens is 264 g/mol. The van der Waals surface area contributed by atoms with E-state index in [2.05, 4.69) is 10.3 Å². The third-order valence-electron chi connectivity index (χ3n) is 3.89. The second-order valence-electron chi connectivity index (χ2n) is 5.33. The normalized spacial score (nSPS) is 13.5. The number of anilines is 2. The number of nitrogens with zero attached hydrogens (tertiary/aromatic N) is 2. The van der Waals surface area contributed by atoms with Crippen molar-refractivity contribution < 1.29 is 4.79 Å². The van der Waals surface area contributed by atoms with E-state index in [1.165, 1.54) is 0 Å². The Balaban J connectivity index is 1.91. The molecule has 0 atom stereocenters. The third kappa shape index (κ3) is 1.71. The van der Waals surface area contributed by atoms with Gasteiger partial charge in [0.1, 0.15) is 17.2 Å². The van der Waals surface area contributed by atoms with Crippen molar-refractivity contribution in [3.63, 3.8) is 0 Å². The lowest BCUT2D eigenvalue weighted by Gasteiger charge is -2.03. The summed E-state index contributed by atoms with van der Waals surface area (Å²) < 4.78 is 1.89. The highest BCUT2D eigenvalue weighted by molar-refractivity contribution is 5.99.